The lowest BCUT2D eigenvalue weighted by molar-refractivity contribution is -0.0141. The van der Waals surface area contributed by atoms with Crippen LogP contribution in [0.15, 0.2) is 23.6 Å². The molecule has 10 heteroatoms. The number of halogens is 4. The van der Waals surface area contributed by atoms with Gasteiger partial charge in [-0.05, 0) is 24.3 Å². The van der Waals surface area contributed by atoms with Gasteiger partial charge >= 0.3 is 6.55 Å². The molecule has 3 N–H and O–H groups in total. The van der Waals surface area contributed by atoms with Gasteiger partial charge in [0.25, 0.3) is 0 Å². The third-order valence-corrected chi connectivity index (χ3v) is 6.20. The van der Waals surface area contributed by atoms with Crippen LogP contribution in [0.2, 0.25) is 10.2 Å². The van der Waals surface area contributed by atoms with Crippen LogP contribution in [-0.2, 0) is 11.3 Å². The second kappa shape index (κ2) is 8.12. The highest BCUT2D eigenvalue weighted by atomic mass is 35.5. The van der Waals surface area contributed by atoms with Crippen LogP contribution in [-0.4, -0.2) is 22.2 Å². The molecule has 0 aliphatic carbocycles. The van der Waals surface area contributed by atoms with Crippen molar-refractivity contribution in [3.05, 3.63) is 44.3 Å². The molecule has 1 fully saturated rings. The van der Waals surface area contributed by atoms with E-state index >= 15 is 0 Å². The normalized spacial score (nSPS) is 20.2. The predicted molar refractivity (Wildman–Crippen MR) is 109 cm³/mol. The molecule has 2 atom stereocenters. The van der Waals surface area contributed by atoms with Crippen LogP contribution >= 0.6 is 34.5 Å². The maximum absolute atomic E-state index is 14.2. The second-order valence-electron chi connectivity index (χ2n) is 6.57. The minimum Gasteiger partial charge on any atom is -0.378 e. The van der Waals surface area contributed by atoms with E-state index in [0.717, 1.165) is 15.9 Å². The quantitative estimate of drug-likeness (QED) is 0.501. The van der Waals surface area contributed by atoms with Crippen molar-refractivity contribution in [1.82, 2.24) is 9.55 Å². The number of ether oxygens (including phenoxy) is 1. The summed E-state index contributed by atoms with van der Waals surface area (Å²) < 4.78 is 34.9. The summed E-state index contributed by atoms with van der Waals surface area (Å²) in [5, 5.41) is 5.39. The molecule has 0 spiro atoms. The highest BCUT2D eigenvalue weighted by Gasteiger charge is 2.35. The monoisotopic (exact) mass is 446 g/mol. The van der Waals surface area contributed by atoms with Crippen LogP contribution in [0.25, 0.3) is 11.0 Å². The molecule has 0 unspecified atom stereocenters. The van der Waals surface area contributed by atoms with E-state index in [-0.39, 0.29) is 26.9 Å². The third-order valence-electron chi connectivity index (χ3n) is 4.76. The predicted octanol–water partition coefficient (Wildman–Crippen LogP) is 5.59. The third kappa shape index (κ3) is 3.59. The molecule has 1 aliphatic rings. The summed E-state index contributed by atoms with van der Waals surface area (Å²) in [5.74, 6) is 0. The van der Waals surface area contributed by atoms with Crippen molar-refractivity contribution in [2.75, 3.05) is 11.9 Å². The van der Waals surface area contributed by atoms with Crippen LogP contribution < -0.4 is 11.1 Å². The number of nitrogens with one attached hydrogen (secondary N) is 1. The Bertz CT molecular complexity index is 980. The number of nitrogens with two attached hydrogens (primary N) is 1. The van der Waals surface area contributed by atoms with Crippen LogP contribution in [0.4, 0.5) is 14.5 Å². The molecule has 4 heterocycles. The van der Waals surface area contributed by atoms with E-state index in [1.165, 1.54) is 6.07 Å². The minimum atomic E-state index is -2.84. The summed E-state index contributed by atoms with van der Waals surface area (Å²) >= 11 is 14.2. The molecule has 3 aromatic heterocycles. The van der Waals surface area contributed by atoms with Crippen molar-refractivity contribution in [2.45, 2.75) is 38.1 Å². The van der Waals surface area contributed by atoms with Crippen molar-refractivity contribution < 1.29 is 13.5 Å². The topological polar surface area (TPSA) is 65.1 Å². The first-order valence-corrected chi connectivity index (χ1v) is 10.4. The zero-order chi connectivity index (χ0) is 19.8. The maximum Gasteiger partial charge on any atom is 0.319 e. The van der Waals surface area contributed by atoms with Gasteiger partial charge in [-0.25, -0.2) is 4.98 Å². The van der Waals surface area contributed by atoms with E-state index in [1.54, 1.807) is 11.3 Å². The Morgan fingerprint density at radius 2 is 2.25 bits per heavy atom. The van der Waals surface area contributed by atoms with E-state index in [2.05, 4.69) is 10.3 Å². The number of hydrogen-bond acceptors (Lipinski definition) is 5. The van der Waals surface area contributed by atoms with E-state index in [4.69, 9.17) is 33.7 Å². The highest BCUT2D eigenvalue weighted by Crippen LogP contribution is 2.43. The Balaban J connectivity index is 1.87. The number of anilines is 1. The average Bonchev–Trinajstić information content (AvgIpc) is 3.27. The summed E-state index contributed by atoms with van der Waals surface area (Å²) in [4.78, 5) is 5.27. The molecular weight excluding hydrogens is 429 g/mol. The van der Waals surface area contributed by atoms with Gasteiger partial charge in [-0.3, -0.25) is 4.57 Å². The highest BCUT2D eigenvalue weighted by molar-refractivity contribution is 7.09. The van der Waals surface area contributed by atoms with E-state index < -0.39 is 18.7 Å². The molecule has 150 valence electrons. The fraction of sp³-hybridized carbons (Fsp3) is 0.389. The van der Waals surface area contributed by atoms with Gasteiger partial charge in [-0.1, -0.05) is 29.3 Å². The van der Waals surface area contributed by atoms with Crippen LogP contribution in [0.5, 0.6) is 0 Å². The number of alkyl halides is 2. The average molecular weight is 447 g/mol. The number of rotatable bonds is 5. The fourth-order valence-electron chi connectivity index (χ4n) is 3.53. The number of fused-ring (bicyclic) bond motifs is 1. The molecule has 1 saturated heterocycles. The Morgan fingerprint density at radius 1 is 1.43 bits per heavy atom. The van der Waals surface area contributed by atoms with Crippen molar-refractivity contribution >= 4 is 51.3 Å². The zero-order valence-corrected chi connectivity index (χ0v) is 17.0. The number of thiophene rings is 1. The summed E-state index contributed by atoms with van der Waals surface area (Å²) in [6, 6.07) is 4.98. The van der Waals surface area contributed by atoms with Gasteiger partial charge in [-0.2, -0.15) is 8.78 Å². The molecular formula is C18H18Cl2F2N4OS. The SMILES string of the molecule is N[C@H]1CCCO[C@@H]1c1c(Cl)c2nc(Cl)cc(NCc3cccs3)c2n1C(F)F. The first-order chi connectivity index (χ1) is 13.5. The number of pyridine rings is 1. The summed E-state index contributed by atoms with van der Waals surface area (Å²) in [6.07, 6.45) is 0.721. The molecule has 0 aromatic carbocycles. The Morgan fingerprint density at radius 3 is 2.93 bits per heavy atom. The molecule has 1 aliphatic heterocycles. The second-order valence-corrected chi connectivity index (χ2v) is 8.36. The van der Waals surface area contributed by atoms with Gasteiger partial charge in [0.2, 0.25) is 0 Å². The van der Waals surface area contributed by atoms with Crippen LogP contribution in [0.1, 0.15) is 36.1 Å². The van der Waals surface area contributed by atoms with Crippen molar-refractivity contribution in [3.63, 3.8) is 0 Å². The molecule has 28 heavy (non-hydrogen) atoms. The lowest BCUT2D eigenvalue weighted by Crippen LogP contribution is -2.35. The van der Waals surface area contributed by atoms with Crippen LogP contribution in [0.3, 0.4) is 0 Å². The van der Waals surface area contributed by atoms with Crippen molar-refractivity contribution in [2.24, 2.45) is 5.73 Å². The molecule has 3 aromatic rings. The zero-order valence-electron chi connectivity index (χ0n) is 14.7. The Kier molecular flexibility index (Phi) is 5.76. The van der Waals surface area contributed by atoms with Gasteiger partial charge < -0.3 is 15.8 Å². The molecule has 0 radical (unpaired) electrons. The van der Waals surface area contributed by atoms with Gasteiger partial charge in [0.05, 0.1) is 21.9 Å². The minimum absolute atomic E-state index is 0.0966. The number of nitrogens with zero attached hydrogens (tertiary/aromatic N) is 2. The van der Waals surface area contributed by atoms with Crippen molar-refractivity contribution in [3.8, 4) is 0 Å². The van der Waals surface area contributed by atoms with Crippen molar-refractivity contribution in [1.29, 1.82) is 0 Å². The maximum atomic E-state index is 14.2. The van der Waals surface area contributed by atoms with Gasteiger partial charge in [0, 0.05) is 30.1 Å². The standard InChI is InChI=1S/C18H18Cl2F2N4OS/c19-12-7-11(24-8-9-3-2-6-28-9)15-14(25-12)13(20)16(26(15)18(21)22)17-10(23)4-1-5-27-17/h2-3,6-7,10,17-18H,1,4-5,8,23H2,(H,24,25)/t10-,17-/m0/s1. The van der Waals surface area contributed by atoms with Crippen LogP contribution in [0, 0.1) is 0 Å². The first-order valence-electron chi connectivity index (χ1n) is 8.78. The molecule has 0 bridgehead atoms. The summed E-state index contributed by atoms with van der Waals surface area (Å²) in [6.45, 7) is -1.93. The van der Waals surface area contributed by atoms with E-state index in [9.17, 15) is 8.78 Å². The Hall–Kier alpha value is -1.45. The number of hydrogen-bond donors (Lipinski definition) is 2. The number of aromatic nitrogens is 2. The first kappa shape index (κ1) is 19.8. The molecule has 0 amide bonds. The summed E-state index contributed by atoms with van der Waals surface area (Å²) in [5.41, 5.74) is 7.14. The lowest BCUT2D eigenvalue weighted by atomic mass is 10.0. The Labute approximate surface area is 174 Å². The smallest absolute Gasteiger partial charge is 0.319 e. The van der Waals surface area contributed by atoms with Gasteiger partial charge in [0.1, 0.15) is 16.8 Å². The van der Waals surface area contributed by atoms with Gasteiger partial charge in [-0.15, -0.1) is 11.3 Å². The van der Waals surface area contributed by atoms with Gasteiger partial charge in [0.15, 0.2) is 0 Å². The lowest BCUT2D eigenvalue weighted by Gasteiger charge is -2.30. The molecule has 5 nitrogen and oxygen atoms in total. The largest absolute Gasteiger partial charge is 0.378 e. The summed E-state index contributed by atoms with van der Waals surface area (Å²) in [7, 11) is 0. The fourth-order valence-corrected chi connectivity index (χ4v) is 4.70. The molecule has 0 saturated carbocycles. The molecule has 4 rings (SSSR count). The van der Waals surface area contributed by atoms with E-state index in [1.807, 2.05) is 17.5 Å². The van der Waals surface area contributed by atoms with E-state index in [0.29, 0.717) is 25.3 Å².